The van der Waals surface area contributed by atoms with E-state index < -0.39 is 0 Å². The smallest absolute Gasteiger partial charge is 0.167 e. The second-order valence-electron chi connectivity index (χ2n) is 4.07. The number of nitrogens with zero attached hydrogens (tertiary/aromatic N) is 4. The van der Waals surface area contributed by atoms with Crippen LogP contribution in [-0.2, 0) is 0 Å². The Morgan fingerprint density at radius 2 is 2.32 bits per heavy atom. The van der Waals surface area contributed by atoms with Gasteiger partial charge < -0.3 is 0 Å². The summed E-state index contributed by atoms with van der Waals surface area (Å²) in [4.78, 5) is 8.40. The van der Waals surface area contributed by atoms with Gasteiger partial charge in [-0.2, -0.15) is 10.2 Å². The van der Waals surface area contributed by atoms with Crippen LogP contribution in [0.4, 0.5) is 5.82 Å². The average Bonchev–Trinajstić information content (AvgIpc) is 3.04. The van der Waals surface area contributed by atoms with Gasteiger partial charge in [0.15, 0.2) is 5.82 Å². The fraction of sp³-hybridized carbons (Fsp3) is 0.167. The maximum Gasteiger partial charge on any atom is 0.167 e. The van der Waals surface area contributed by atoms with E-state index in [9.17, 15) is 0 Å². The molecule has 3 aromatic heterocycles. The molecule has 0 fully saturated rings. The fourth-order valence-corrected chi connectivity index (χ4v) is 2.57. The van der Waals surface area contributed by atoms with Crippen molar-refractivity contribution in [2.45, 2.75) is 13.8 Å². The molecule has 3 aromatic rings. The normalized spacial score (nSPS) is 12.0. The summed E-state index contributed by atoms with van der Waals surface area (Å²) in [5.41, 5.74) is 6.76. The van der Waals surface area contributed by atoms with Gasteiger partial charge in [-0.05, 0) is 25.3 Å². The van der Waals surface area contributed by atoms with E-state index in [1.165, 1.54) is 6.33 Å². The van der Waals surface area contributed by atoms with Gasteiger partial charge in [0, 0.05) is 11.3 Å². The average molecular weight is 272 g/mol. The van der Waals surface area contributed by atoms with Gasteiger partial charge in [0.25, 0.3) is 0 Å². The number of aromatic amines is 1. The molecule has 0 saturated carbocycles. The van der Waals surface area contributed by atoms with E-state index in [1.54, 1.807) is 17.5 Å². The number of H-pyrrole nitrogens is 1. The number of thiophene rings is 1. The van der Waals surface area contributed by atoms with Crippen molar-refractivity contribution in [1.82, 2.24) is 20.2 Å². The van der Waals surface area contributed by atoms with Crippen LogP contribution in [0.3, 0.4) is 0 Å². The Morgan fingerprint density at radius 3 is 3.11 bits per heavy atom. The molecule has 96 valence electrons. The highest BCUT2D eigenvalue weighted by molar-refractivity contribution is 7.17. The molecule has 19 heavy (non-hydrogen) atoms. The lowest BCUT2D eigenvalue weighted by Gasteiger charge is -2.02. The van der Waals surface area contributed by atoms with Crippen molar-refractivity contribution in [1.29, 1.82) is 0 Å². The van der Waals surface area contributed by atoms with E-state index in [0.717, 1.165) is 33.0 Å². The zero-order chi connectivity index (χ0) is 13.2. The zero-order valence-corrected chi connectivity index (χ0v) is 11.3. The fourth-order valence-electron chi connectivity index (χ4n) is 1.78. The summed E-state index contributed by atoms with van der Waals surface area (Å²) in [6.45, 7) is 3.89. The van der Waals surface area contributed by atoms with Gasteiger partial charge in [0.2, 0.25) is 0 Å². The quantitative estimate of drug-likeness (QED) is 0.567. The van der Waals surface area contributed by atoms with E-state index >= 15 is 0 Å². The highest BCUT2D eigenvalue weighted by atomic mass is 32.1. The zero-order valence-electron chi connectivity index (χ0n) is 10.5. The summed E-state index contributed by atoms with van der Waals surface area (Å²) < 4.78 is 1.00. The lowest BCUT2D eigenvalue weighted by Crippen LogP contribution is -2.01. The molecule has 0 aliphatic carbocycles. The lowest BCUT2D eigenvalue weighted by molar-refractivity contribution is 1.05. The third kappa shape index (κ3) is 2.19. The first kappa shape index (κ1) is 11.8. The third-order valence-corrected chi connectivity index (χ3v) is 3.70. The van der Waals surface area contributed by atoms with Gasteiger partial charge in [-0.1, -0.05) is 0 Å². The Morgan fingerprint density at radius 1 is 1.42 bits per heavy atom. The molecule has 0 spiro atoms. The first-order valence-corrected chi connectivity index (χ1v) is 6.62. The Labute approximate surface area is 113 Å². The van der Waals surface area contributed by atoms with Crippen molar-refractivity contribution in [3.63, 3.8) is 0 Å². The number of nitrogens with one attached hydrogen (secondary N) is 2. The predicted molar refractivity (Wildman–Crippen MR) is 76.6 cm³/mol. The molecule has 0 radical (unpaired) electrons. The third-order valence-electron chi connectivity index (χ3n) is 2.79. The van der Waals surface area contributed by atoms with Crippen molar-refractivity contribution in [3.8, 4) is 0 Å². The number of anilines is 1. The van der Waals surface area contributed by atoms with Crippen LogP contribution in [0, 0.1) is 6.92 Å². The maximum absolute atomic E-state index is 4.35. The number of aromatic nitrogens is 4. The van der Waals surface area contributed by atoms with E-state index in [1.807, 2.05) is 25.3 Å². The van der Waals surface area contributed by atoms with E-state index in [-0.39, 0.29) is 0 Å². The number of rotatable bonds is 3. The Balaban J connectivity index is 1.90. The summed E-state index contributed by atoms with van der Waals surface area (Å²) in [5, 5.41) is 13.2. The molecule has 6 nitrogen and oxygen atoms in total. The Bertz CT molecular complexity index is 741. The molecule has 0 aromatic carbocycles. The number of hydrazone groups is 1. The van der Waals surface area contributed by atoms with Crippen molar-refractivity contribution < 1.29 is 0 Å². The molecule has 0 unspecified atom stereocenters. The molecule has 3 heterocycles. The summed E-state index contributed by atoms with van der Waals surface area (Å²) in [6.07, 6.45) is 3.29. The van der Waals surface area contributed by atoms with Crippen molar-refractivity contribution in [2.24, 2.45) is 5.10 Å². The molecular formula is C12H12N6S. The predicted octanol–water partition coefficient (Wildman–Crippen LogP) is 2.56. The topological polar surface area (TPSA) is 78.8 Å². The molecular weight excluding hydrogens is 260 g/mol. The van der Waals surface area contributed by atoms with E-state index in [0.29, 0.717) is 0 Å². The van der Waals surface area contributed by atoms with Crippen LogP contribution in [0.1, 0.15) is 18.2 Å². The van der Waals surface area contributed by atoms with Gasteiger partial charge in [-0.15, -0.1) is 11.3 Å². The molecule has 0 aliphatic heterocycles. The highest BCUT2D eigenvalue weighted by Gasteiger charge is 2.06. The van der Waals surface area contributed by atoms with Crippen LogP contribution >= 0.6 is 11.3 Å². The summed E-state index contributed by atoms with van der Waals surface area (Å²) in [7, 11) is 0. The second-order valence-corrected chi connectivity index (χ2v) is 4.99. The second kappa shape index (κ2) is 4.77. The SMILES string of the molecule is C/C(=N\Nc1ncnc2ccsc12)c1cn[nH]c1C. The molecule has 0 saturated heterocycles. The molecule has 0 aliphatic rings. The van der Waals surface area contributed by atoms with Crippen LogP contribution < -0.4 is 5.43 Å². The molecule has 0 bridgehead atoms. The van der Waals surface area contributed by atoms with E-state index in [4.69, 9.17) is 0 Å². The minimum atomic E-state index is 0.723. The van der Waals surface area contributed by atoms with Crippen molar-refractivity contribution in [2.75, 3.05) is 5.43 Å². The Hall–Kier alpha value is -2.28. The summed E-state index contributed by atoms with van der Waals surface area (Å²) in [5.74, 6) is 0.723. The van der Waals surface area contributed by atoms with Gasteiger partial charge in [0.1, 0.15) is 6.33 Å². The maximum atomic E-state index is 4.35. The number of hydrogen-bond donors (Lipinski definition) is 2. The van der Waals surface area contributed by atoms with Gasteiger partial charge in [-0.25, -0.2) is 9.97 Å². The first-order chi connectivity index (χ1) is 9.25. The molecule has 3 rings (SSSR count). The largest absolute Gasteiger partial charge is 0.282 e. The van der Waals surface area contributed by atoms with Crippen LogP contribution in [0.5, 0.6) is 0 Å². The van der Waals surface area contributed by atoms with Crippen LogP contribution in [0.2, 0.25) is 0 Å². The minimum absolute atomic E-state index is 0.723. The monoisotopic (exact) mass is 272 g/mol. The Kier molecular flexibility index (Phi) is 2.96. The number of aryl methyl sites for hydroxylation is 1. The van der Waals surface area contributed by atoms with E-state index in [2.05, 4.69) is 30.7 Å². The summed E-state index contributed by atoms with van der Waals surface area (Å²) in [6, 6.07) is 1.96. The van der Waals surface area contributed by atoms with Crippen LogP contribution in [0.25, 0.3) is 10.2 Å². The standard InChI is InChI=1S/C12H12N6S/c1-7-9(5-15-16-7)8(2)17-18-12-11-10(3-4-19-11)13-6-14-12/h3-6H,1-2H3,(H,15,16)(H,13,14,18)/b17-8+. The van der Waals surface area contributed by atoms with Crippen molar-refractivity contribution in [3.05, 3.63) is 35.2 Å². The van der Waals surface area contributed by atoms with Crippen LogP contribution in [0.15, 0.2) is 29.1 Å². The van der Waals surface area contributed by atoms with Gasteiger partial charge in [-0.3, -0.25) is 10.5 Å². The van der Waals surface area contributed by atoms with Gasteiger partial charge >= 0.3 is 0 Å². The first-order valence-electron chi connectivity index (χ1n) is 5.74. The van der Waals surface area contributed by atoms with Crippen molar-refractivity contribution >= 4 is 33.1 Å². The number of fused-ring (bicyclic) bond motifs is 1. The van der Waals surface area contributed by atoms with Gasteiger partial charge in [0.05, 0.1) is 22.1 Å². The lowest BCUT2D eigenvalue weighted by atomic mass is 10.2. The minimum Gasteiger partial charge on any atom is -0.282 e. The van der Waals surface area contributed by atoms with Crippen LogP contribution in [-0.4, -0.2) is 25.9 Å². The highest BCUT2D eigenvalue weighted by Crippen LogP contribution is 2.24. The number of hydrogen-bond acceptors (Lipinski definition) is 6. The molecule has 7 heteroatoms. The summed E-state index contributed by atoms with van der Waals surface area (Å²) >= 11 is 1.59. The molecule has 0 atom stereocenters. The molecule has 0 amide bonds. The molecule has 2 N–H and O–H groups in total.